The van der Waals surface area contributed by atoms with Crippen molar-refractivity contribution in [1.82, 2.24) is 10.6 Å². The number of carbonyl (C=O) groups excluding carboxylic acids is 1. The van der Waals surface area contributed by atoms with E-state index in [0.29, 0.717) is 12.5 Å². The van der Waals surface area contributed by atoms with E-state index in [1.165, 1.54) is 0 Å². The number of amides is 2. The van der Waals surface area contributed by atoms with E-state index in [0.717, 1.165) is 13.0 Å². The summed E-state index contributed by atoms with van der Waals surface area (Å²) in [6.07, 6.45) is 1.15. The second-order valence-electron chi connectivity index (χ2n) is 4.21. The Hall–Kier alpha value is -1.34. The molecule has 1 aliphatic heterocycles. The van der Waals surface area contributed by atoms with Gasteiger partial charge in [0.2, 0.25) is 0 Å². The topological polar surface area (TPSA) is 96.9 Å². The van der Waals surface area contributed by atoms with Crippen LogP contribution in [0.4, 0.5) is 4.79 Å². The Morgan fingerprint density at radius 1 is 1.44 bits per heavy atom. The average Bonchev–Trinajstić information content (AvgIpc) is 2.71. The largest absolute Gasteiger partial charge is 0.480 e. The second-order valence-corrected chi connectivity index (χ2v) is 4.21. The maximum Gasteiger partial charge on any atom is 0.329 e. The molecular formula is C11H20N2O5. The van der Waals surface area contributed by atoms with E-state index in [9.17, 15) is 9.59 Å². The summed E-state index contributed by atoms with van der Waals surface area (Å²) >= 11 is 0. The van der Waals surface area contributed by atoms with Crippen LogP contribution in [0.25, 0.3) is 0 Å². The third-order valence-electron chi connectivity index (χ3n) is 2.82. The van der Waals surface area contributed by atoms with E-state index < -0.39 is 5.97 Å². The van der Waals surface area contributed by atoms with Crippen molar-refractivity contribution < 1.29 is 24.2 Å². The van der Waals surface area contributed by atoms with Gasteiger partial charge in [-0.3, -0.25) is 0 Å². The van der Waals surface area contributed by atoms with Gasteiger partial charge in [0.25, 0.3) is 0 Å². The number of carbonyl (C=O) groups is 2. The van der Waals surface area contributed by atoms with Crippen molar-refractivity contribution in [3.63, 3.8) is 0 Å². The third-order valence-corrected chi connectivity index (χ3v) is 2.82. The summed E-state index contributed by atoms with van der Waals surface area (Å²) in [4.78, 5) is 21.5. The van der Waals surface area contributed by atoms with E-state index in [-0.39, 0.29) is 31.9 Å². The molecular weight excluding hydrogens is 240 g/mol. The summed E-state index contributed by atoms with van der Waals surface area (Å²) < 4.78 is 10.2. The predicted molar refractivity (Wildman–Crippen MR) is 63.4 cm³/mol. The highest BCUT2D eigenvalue weighted by molar-refractivity contribution is 5.73. The van der Waals surface area contributed by atoms with Gasteiger partial charge in [0.1, 0.15) is 6.61 Å². The first-order valence-corrected chi connectivity index (χ1v) is 6.02. The smallest absolute Gasteiger partial charge is 0.329 e. The Morgan fingerprint density at radius 2 is 2.22 bits per heavy atom. The molecule has 1 saturated heterocycles. The van der Waals surface area contributed by atoms with Crippen LogP contribution < -0.4 is 10.6 Å². The normalized spacial score (nSPS) is 22.7. The minimum absolute atomic E-state index is 0.183. The minimum Gasteiger partial charge on any atom is -0.480 e. The molecule has 1 fully saturated rings. The van der Waals surface area contributed by atoms with Crippen LogP contribution in [0.3, 0.4) is 0 Å². The zero-order valence-electron chi connectivity index (χ0n) is 10.5. The van der Waals surface area contributed by atoms with Crippen LogP contribution in [0.1, 0.15) is 13.3 Å². The van der Waals surface area contributed by atoms with Gasteiger partial charge < -0.3 is 25.2 Å². The molecule has 2 atom stereocenters. The van der Waals surface area contributed by atoms with Crippen LogP contribution in [-0.2, 0) is 14.3 Å². The summed E-state index contributed by atoms with van der Waals surface area (Å²) in [5, 5.41) is 13.7. The van der Waals surface area contributed by atoms with E-state index in [4.69, 9.17) is 14.6 Å². The number of aliphatic carboxylic acids is 1. The van der Waals surface area contributed by atoms with Crippen molar-refractivity contribution >= 4 is 12.0 Å². The Balaban J connectivity index is 1.98. The Kier molecular flexibility index (Phi) is 6.45. The molecule has 18 heavy (non-hydrogen) atoms. The number of rotatable bonds is 7. The molecule has 0 aliphatic carbocycles. The lowest BCUT2D eigenvalue weighted by molar-refractivity contribution is -0.142. The quantitative estimate of drug-likeness (QED) is 0.551. The number of ether oxygens (including phenoxy) is 2. The number of carboxylic acid groups (broad SMARTS) is 1. The van der Waals surface area contributed by atoms with Gasteiger partial charge in [-0.05, 0) is 13.3 Å². The first-order chi connectivity index (χ1) is 8.59. The van der Waals surface area contributed by atoms with E-state index in [2.05, 4.69) is 10.6 Å². The maximum absolute atomic E-state index is 11.4. The maximum atomic E-state index is 11.4. The molecule has 0 radical (unpaired) electrons. The van der Waals surface area contributed by atoms with Crippen molar-refractivity contribution in [2.75, 3.05) is 32.9 Å². The fourth-order valence-corrected chi connectivity index (χ4v) is 1.73. The SMILES string of the molecule is CC1OCCC1CNC(=O)NCCOCC(=O)O. The number of urea groups is 1. The summed E-state index contributed by atoms with van der Waals surface area (Å²) in [7, 11) is 0. The Labute approximate surface area is 106 Å². The first-order valence-electron chi connectivity index (χ1n) is 6.02. The first kappa shape index (κ1) is 14.7. The van der Waals surface area contributed by atoms with Gasteiger partial charge in [0.05, 0.1) is 12.7 Å². The lowest BCUT2D eigenvalue weighted by Crippen LogP contribution is -2.40. The molecule has 0 aromatic rings. The zero-order valence-corrected chi connectivity index (χ0v) is 10.5. The van der Waals surface area contributed by atoms with Crippen molar-refractivity contribution in [2.45, 2.75) is 19.4 Å². The molecule has 2 amide bonds. The lowest BCUT2D eigenvalue weighted by Gasteiger charge is -2.15. The van der Waals surface area contributed by atoms with Crippen LogP contribution in [0.5, 0.6) is 0 Å². The molecule has 7 nitrogen and oxygen atoms in total. The molecule has 7 heteroatoms. The Bertz CT molecular complexity index is 285. The van der Waals surface area contributed by atoms with Crippen molar-refractivity contribution in [2.24, 2.45) is 5.92 Å². The highest BCUT2D eigenvalue weighted by Crippen LogP contribution is 2.18. The highest BCUT2D eigenvalue weighted by atomic mass is 16.5. The predicted octanol–water partition coefficient (Wildman–Crippen LogP) is -0.188. The van der Waals surface area contributed by atoms with Crippen molar-refractivity contribution in [3.05, 3.63) is 0 Å². The van der Waals surface area contributed by atoms with Crippen LogP contribution in [-0.4, -0.2) is 56.1 Å². The fraction of sp³-hybridized carbons (Fsp3) is 0.818. The highest BCUT2D eigenvalue weighted by Gasteiger charge is 2.24. The zero-order chi connectivity index (χ0) is 13.4. The molecule has 104 valence electrons. The van der Waals surface area contributed by atoms with Gasteiger partial charge in [0.15, 0.2) is 0 Å². The van der Waals surface area contributed by atoms with Crippen LogP contribution in [0.15, 0.2) is 0 Å². The molecule has 0 saturated carbocycles. The number of hydrogen-bond donors (Lipinski definition) is 3. The van der Waals surface area contributed by atoms with Crippen LogP contribution in [0.2, 0.25) is 0 Å². The summed E-state index contributed by atoms with van der Waals surface area (Å²) in [6.45, 7) is 3.46. The molecule has 2 unspecified atom stereocenters. The van der Waals surface area contributed by atoms with Gasteiger partial charge in [-0.2, -0.15) is 0 Å². The standard InChI is InChI=1S/C11H20N2O5/c1-8-9(2-4-18-8)6-13-11(16)12-3-5-17-7-10(14)15/h8-9H,2-7H2,1H3,(H,14,15)(H2,12,13,16). The van der Waals surface area contributed by atoms with Gasteiger partial charge in [-0.15, -0.1) is 0 Å². The number of carboxylic acids is 1. The molecule has 1 heterocycles. The molecule has 1 rings (SSSR count). The van der Waals surface area contributed by atoms with E-state index in [1.807, 2.05) is 6.92 Å². The molecule has 1 aliphatic rings. The minimum atomic E-state index is -1.02. The van der Waals surface area contributed by atoms with E-state index in [1.54, 1.807) is 0 Å². The summed E-state index contributed by atoms with van der Waals surface area (Å²) in [5.74, 6) is -0.659. The lowest BCUT2D eigenvalue weighted by atomic mass is 10.0. The summed E-state index contributed by atoms with van der Waals surface area (Å²) in [6, 6.07) is -0.270. The van der Waals surface area contributed by atoms with Crippen LogP contribution >= 0.6 is 0 Å². The average molecular weight is 260 g/mol. The van der Waals surface area contributed by atoms with Gasteiger partial charge >= 0.3 is 12.0 Å². The third kappa shape index (κ3) is 5.83. The summed E-state index contributed by atoms with van der Waals surface area (Å²) in [5.41, 5.74) is 0. The number of hydrogen-bond acceptors (Lipinski definition) is 4. The second kappa shape index (κ2) is 7.88. The van der Waals surface area contributed by atoms with Crippen molar-refractivity contribution in [1.29, 1.82) is 0 Å². The molecule has 0 spiro atoms. The number of nitrogens with one attached hydrogen (secondary N) is 2. The van der Waals surface area contributed by atoms with Gasteiger partial charge in [-0.25, -0.2) is 9.59 Å². The monoisotopic (exact) mass is 260 g/mol. The van der Waals surface area contributed by atoms with Crippen LogP contribution in [0, 0.1) is 5.92 Å². The molecule has 0 bridgehead atoms. The van der Waals surface area contributed by atoms with E-state index >= 15 is 0 Å². The van der Waals surface area contributed by atoms with Gasteiger partial charge in [-0.1, -0.05) is 0 Å². The van der Waals surface area contributed by atoms with Crippen molar-refractivity contribution in [3.8, 4) is 0 Å². The molecule has 3 N–H and O–H groups in total. The fourth-order valence-electron chi connectivity index (χ4n) is 1.73. The van der Waals surface area contributed by atoms with Gasteiger partial charge in [0, 0.05) is 25.6 Å². The Morgan fingerprint density at radius 3 is 2.83 bits per heavy atom. The molecule has 0 aromatic heterocycles. The molecule has 0 aromatic carbocycles.